The van der Waals surface area contributed by atoms with Crippen molar-refractivity contribution in [2.45, 2.75) is 11.4 Å². The van der Waals surface area contributed by atoms with Crippen LogP contribution < -0.4 is 0 Å². The van der Waals surface area contributed by atoms with Crippen LogP contribution >= 0.6 is 22.3 Å². The summed E-state index contributed by atoms with van der Waals surface area (Å²) in [6, 6.07) is 10.4. The van der Waals surface area contributed by atoms with E-state index in [1.807, 2.05) is 0 Å². The second kappa shape index (κ2) is 5.53. The maximum absolute atomic E-state index is 12.9. The molecule has 0 aliphatic heterocycles. The fraction of sp³-hybridized carbons (Fsp3) is 0.0714. The molecule has 0 amide bonds. The number of aromatic nitrogens is 2. The summed E-state index contributed by atoms with van der Waals surface area (Å²) in [5.41, 5.74) is 1.51. The molecule has 22 heavy (non-hydrogen) atoms. The minimum absolute atomic E-state index is 0.0371. The van der Waals surface area contributed by atoms with Crippen LogP contribution in [0.4, 0.5) is 4.39 Å². The van der Waals surface area contributed by atoms with E-state index in [2.05, 4.69) is 5.10 Å². The van der Waals surface area contributed by atoms with Gasteiger partial charge in [0.2, 0.25) is 0 Å². The predicted octanol–water partition coefficient (Wildman–Crippen LogP) is 3.80. The molecule has 3 rings (SSSR count). The average Bonchev–Trinajstić information content (AvgIpc) is 2.77. The molecule has 0 radical (unpaired) electrons. The monoisotopic (exact) mass is 358 g/mol. The fourth-order valence-corrected chi connectivity index (χ4v) is 3.17. The van der Waals surface area contributed by atoms with Gasteiger partial charge in [0, 0.05) is 16.1 Å². The largest absolute Gasteiger partial charge is 0.261 e. The van der Waals surface area contributed by atoms with Crippen LogP contribution in [-0.4, -0.2) is 18.2 Å². The van der Waals surface area contributed by atoms with Crippen molar-refractivity contribution in [3.8, 4) is 0 Å². The van der Waals surface area contributed by atoms with Crippen LogP contribution in [0.15, 0.2) is 47.4 Å². The zero-order valence-electron chi connectivity index (χ0n) is 11.0. The molecule has 0 saturated heterocycles. The lowest BCUT2D eigenvalue weighted by Crippen LogP contribution is -2.01. The molecule has 0 atom stereocenters. The number of halogens is 3. The molecule has 0 N–H and O–H groups in total. The van der Waals surface area contributed by atoms with Gasteiger partial charge in [0.25, 0.3) is 9.05 Å². The van der Waals surface area contributed by atoms with E-state index in [0.717, 1.165) is 5.56 Å². The van der Waals surface area contributed by atoms with Crippen molar-refractivity contribution < 1.29 is 12.8 Å². The summed E-state index contributed by atoms with van der Waals surface area (Å²) in [6.45, 7) is 0.385. The smallest absolute Gasteiger partial charge is 0.259 e. The summed E-state index contributed by atoms with van der Waals surface area (Å²) in [4.78, 5) is -0.0371. The normalized spacial score (nSPS) is 12.0. The number of fused-ring (bicyclic) bond motifs is 1. The van der Waals surface area contributed by atoms with Gasteiger partial charge in [-0.3, -0.25) is 4.68 Å². The van der Waals surface area contributed by atoms with Gasteiger partial charge in [-0.05, 0) is 35.9 Å². The second-order valence-electron chi connectivity index (χ2n) is 4.69. The highest BCUT2D eigenvalue weighted by Crippen LogP contribution is 2.27. The third kappa shape index (κ3) is 2.95. The molecule has 0 aliphatic rings. The summed E-state index contributed by atoms with van der Waals surface area (Å²) in [7, 11) is 1.50. The second-order valence-corrected chi connectivity index (χ2v) is 7.62. The maximum Gasteiger partial charge on any atom is 0.261 e. The van der Waals surface area contributed by atoms with Crippen molar-refractivity contribution in [3.63, 3.8) is 0 Å². The predicted molar refractivity (Wildman–Crippen MR) is 83.3 cm³/mol. The van der Waals surface area contributed by atoms with E-state index in [0.29, 0.717) is 17.4 Å². The first kappa shape index (κ1) is 15.3. The van der Waals surface area contributed by atoms with Gasteiger partial charge < -0.3 is 0 Å². The number of benzene rings is 2. The Kier molecular flexibility index (Phi) is 3.84. The molecule has 3 aromatic rings. The molecule has 4 nitrogen and oxygen atoms in total. The Balaban J connectivity index is 2.06. The van der Waals surface area contributed by atoms with Crippen molar-refractivity contribution in [1.82, 2.24) is 9.78 Å². The van der Waals surface area contributed by atoms with E-state index in [1.54, 1.807) is 22.9 Å². The van der Waals surface area contributed by atoms with E-state index in [-0.39, 0.29) is 15.9 Å². The molecule has 8 heteroatoms. The molecule has 2 aromatic carbocycles. The Morgan fingerprint density at radius 3 is 2.45 bits per heavy atom. The van der Waals surface area contributed by atoms with Crippen LogP contribution in [0.2, 0.25) is 5.15 Å². The van der Waals surface area contributed by atoms with Crippen LogP contribution in [-0.2, 0) is 15.6 Å². The van der Waals surface area contributed by atoms with Crippen LogP contribution in [0.25, 0.3) is 10.9 Å². The van der Waals surface area contributed by atoms with Gasteiger partial charge in [-0.15, -0.1) is 0 Å². The van der Waals surface area contributed by atoms with E-state index in [1.165, 1.54) is 24.3 Å². The Bertz CT molecular complexity index is 953. The van der Waals surface area contributed by atoms with Crippen LogP contribution in [0.5, 0.6) is 0 Å². The maximum atomic E-state index is 12.9. The highest BCUT2D eigenvalue weighted by atomic mass is 35.7. The lowest BCUT2D eigenvalue weighted by Gasteiger charge is -2.04. The third-order valence-corrected chi connectivity index (χ3v) is 4.83. The van der Waals surface area contributed by atoms with Gasteiger partial charge in [-0.25, -0.2) is 12.8 Å². The third-order valence-electron chi connectivity index (χ3n) is 3.20. The first-order chi connectivity index (χ1) is 10.3. The highest BCUT2D eigenvalue weighted by molar-refractivity contribution is 8.13. The van der Waals surface area contributed by atoms with Crippen molar-refractivity contribution in [3.05, 3.63) is 59.0 Å². The number of hydrogen-bond donors (Lipinski definition) is 0. The van der Waals surface area contributed by atoms with Crippen LogP contribution in [0, 0.1) is 5.82 Å². The SMILES string of the molecule is O=S(=O)(Cl)c1ccc2c(c1)c(Cl)nn2Cc1ccc(F)cc1. The molecule has 0 spiro atoms. The number of hydrogen-bond acceptors (Lipinski definition) is 3. The molecular formula is C14H9Cl2FN2O2S. The lowest BCUT2D eigenvalue weighted by atomic mass is 10.2. The molecule has 0 saturated carbocycles. The Hall–Kier alpha value is -1.63. The Morgan fingerprint density at radius 1 is 1.14 bits per heavy atom. The summed E-state index contributed by atoms with van der Waals surface area (Å²) >= 11 is 6.06. The molecular weight excluding hydrogens is 350 g/mol. The summed E-state index contributed by atoms with van der Waals surface area (Å²) in [5.74, 6) is -0.316. The summed E-state index contributed by atoms with van der Waals surface area (Å²) in [5, 5.41) is 4.85. The molecule has 0 aliphatic carbocycles. The molecule has 1 aromatic heterocycles. The first-order valence-electron chi connectivity index (χ1n) is 6.20. The van der Waals surface area contributed by atoms with Gasteiger partial charge in [0.15, 0.2) is 5.15 Å². The zero-order chi connectivity index (χ0) is 15.9. The van der Waals surface area contributed by atoms with Crippen LogP contribution in [0.1, 0.15) is 5.56 Å². The first-order valence-corrected chi connectivity index (χ1v) is 8.88. The molecule has 0 unspecified atom stereocenters. The van der Waals surface area contributed by atoms with Gasteiger partial charge in [0.05, 0.1) is 17.0 Å². The minimum atomic E-state index is -3.83. The quantitative estimate of drug-likeness (QED) is 0.669. The fourth-order valence-electron chi connectivity index (χ4n) is 2.15. The average molecular weight is 359 g/mol. The minimum Gasteiger partial charge on any atom is -0.259 e. The van der Waals surface area contributed by atoms with E-state index >= 15 is 0 Å². The van der Waals surface area contributed by atoms with Gasteiger partial charge >= 0.3 is 0 Å². The van der Waals surface area contributed by atoms with Gasteiger partial charge in [-0.1, -0.05) is 23.7 Å². The molecule has 0 fully saturated rings. The number of nitrogens with zero attached hydrogens (tertiary/aromatic N) is 2. The zero-order valence-corrected chi connectivity index (χ0v) is 13.3. The topological polar surface area (TPSA) is 52.0 Å². The molecule has 0 bridgehead atoms. The van der Waals surface area contributed by atoms with E-state index in [9.17, 15) is 12.8 Å². The van der Waals surface area contributed by atoms with Crippen molar-refractivity contribution in [1.29, 1.82) is 0 Å². The van der Waals surface area contributed by atoms with E-state index in [4.69, 9.17) is 22.3 Å². The van der Waals surface area contributed by atoms with Gasteiger partial charge in [-0.2, -0.15) is 5.10 Å². The van der Waals surface area contributed by atoms with Crippen molar-refractivity contribution in [2.75, 3.05) is 0 Å². The van der Waals surface area contributed by atoms with E-state index < -0.39 is 9.05 Å². The standard InChI is InChI=1S/C14H9Cl2FN2O2S/c15-14-12-7-11(22(16,20)21)5-6-13(12)19(18-14)8-9-1-3-10(17)4-2-9/h1-7H,8H2. The molecule has 1 heterocycles. The van der Waals surface area contributed by atoms with Crippen molar-refractivity contribution in [2.24, 2.45) is 0 Å². The highest BCUT2D eigenvalue weighted by Gasteiger charge is 2.15. The molecule has 114 valence electrons. The summed E-state index contributed by atoms with van der Waals surface area (Å²) < 4.78 is 37.3. The Morgan fingerprint density at radius 2 is 1.82 bits per heavy atom. The van der Waals surface area contributed by atoms with Gasteiger partial charge in [0.1, 0.15) is 5.82 Å². The number of rotatable bonds is 3. The summed E-state index contributed by atoms with van der Waals surface area (Å²) in [6.07, 6.45) is 0. The van der Waals surface area contributed by atoms with Crippen molar-refractivity contribution >= 4 is 42.2 Å². The van der Waals surface area contributed by atoms with Crippen LogP contribution in [0.3, 0.4) is 0 Å². The lowest BCUT2D eigenvalue weighted by molar-refractivity contribution is 0.609. The Labute approximate surface area is 135 Å².